The predicted molar refractivity (Wildman–Crippen MR) is 110 cm³/mol. The van der Waals surface area contributed by atoms with Crippen molar-refractivity contribution in [3.63, 3.8) is 0 Å². The van der Waals surface area contributed by atoms with Gasteiger partial charge in [0.15, 0.2) is 5.82 Å². The van der Waals surface area contributed by atoms with E-state index in [2.05, 4.69) is 70.1 Å². The van der Waals surface area contributed by atoms with Gasteiger partial charge in [-0.15, -0.1) is 0 Å². The fourth-order valence-electron chi connectivity index (χ4n) is 5.24. The van der Waals surface area contributed by atoms with Crippen LogP contribution in [0.5, 0.6) is 0 Å². The summed E-state index contributed by atoms with van der Waals surface area (Å²) in [6.07, 6.45) is 5.54. The zero-order valence-electron chi connectivity index (χ0n) is 16.0. The van der Waals surface area contributed by atoms with Gasteiger partial charge in [0.25, 0.3) is 0 Å². The van der Waals surface area contributed by atoms with Gasteiger partial charge in [-0.1, -0.05) is 32.0 Å². The molecule has 5 nitrogen and oxygen atoms in total. The van der Waals surface area contributed by atoms with Crippen molar-refractivity contribution in [1.82, 2.24) is 18.8 Å². The number of nitrogens with zero attached hydrogens (tertiary/aromatic N) is 3. The fourth-order valence-corrected chi connectivity index (χ4v) is 5.70. The molecule has 2 aliphatic heterocycles. The van der Waals surface area contributed by atoms with Crippen LogP contribution in [-0.2, 0) is 6.42 Å². The monoisotopic (exact) mass is 380 g/mol. The number of rotatable bonds is 3. The van der Waals surface area contributed by atoms with Crippen molar-refractivity contribution in [1.29, 1.82) is 0 Å². The maximum atomic E-state index is 11.9. The normalized spacial score (nSPS) is 21.3. The highest BCUT2D eigenvalue weighted by atomic mass is 32.1. The molecule has 5 rings (SSSR count). The Morgan fingerprint density at radius 2 is 2.07 bits per heavy atom. The molecule has 0 saturated carbocycles. The molecule has 3 aromatic rings. The number of benzene rings is 1. The van der Waals surface area contributed by atoms with Crippen LogP contribution < -0.4 is 4.87 Å². The zero-order valence-corrected chi connectivity index (χ0v) is 16.8. The first-order valence-corrected chi connectivity index (χ1v) is 10.5. The Morgan fingerprint density at radius 3 is 2.78 bits per heavy atom. The summed E-state index contributed by atoms with van der Waals surface area (Å²) in [6, 6.07) is 8.99. The van der Waals surface area contributed by atoms with Crippen molar-refractivity contribution in [2.75, 3.05) is 13.6 Å². The topological polar surface area (TPSA) is 53.9 Å². The molecule has 0 saturated heterocycles. The summed E-state index contributed by atoms with van der Waals surface area (Å²) >= 11 is 0.996. The van der Waals surface area contributed by atoms with Crippen molar-refractivity contribution >= 4 is 28.1 Å². The second-order valence-corrected chi connectivity index (χ2v) is 8.50. The number of aromatic nitrogens is 3. The van der Waals surface area contributed by atoms with Crippen LogP contribution in [0.4, 0.5) is 0 Å². The van der Waals surface area contributed by atoms with E-state index in [4.69, 9.17) is 0 Å². The molecule has 0 radical (unpaired) electrons. The molecular formula is C21H24N4OS. The second-order valence-electron chi connectivity index (χ2n) is 7.76. The van der Waals surface area contributed by atoms with Gasteiger partial charge in [-0.05, 0) is 44.0 Å². The smallest absolute Gasteiger partial charge is 0.308 e. The number of hydrogen-bond donors (Lipinski definition) is 1. The minimum Gasteiger partial charge on any atom is -0.308 e. The number of H-pyrrole nitrogens is 1. The Kier molecular flexibility index (Phi) is 3.71. The highest BCUT2D eigenvalue weighted by Gasteiger charge is 2.47. The minimum atomic E-state index is -0.103. The Morgan fingerprint density at radius 1 is 1.30 bits per heavy atom. The predicted octanol–water partition coefficient (Wildman–Crippen LogP) is 4.02. The second kappa shape index (κ2) is 5.91. The molecular weight excluding hydrogens is 356 g/mol. The average molecular weight is 381 g/mol. The summed E-state index contributed by atoms with van der Waals surface area (Å²) in [5.41, 5.74) is 5.12. The van der Waals surface area contributed by atoms with Crippen molar-refractivity contribution in [3.05, 3.63) is 57.1 Å². The van der Waals surface area contributed by atoms with Gasteiger partial charge >= 0.3 is 4.87 Å². The van der Waals surface area contributed by atoms with Crippen LogP contribution in [0.25, 0.3) is 16.6 Å². The SMILES string of the molecule is CCC1(CC)C=C(c2nsc(=O)[nH]2)n2c3c(c4ccccc42)CCN(C)[C@H]31. The van der Waals surface area contributed by atoms with E-state index in [0.717, 1.165) is 43.0 Å². The number of hydrogen-bond acceptors (Lipinski definition) is 4. The van der Waals surface area contributed by atoms with E-state index < -0.39 is 0 Å². The third-order valence-corrected chi connectivity index (χ3v) is 7.19. The third-order valence-electron chi connectivity index (χ3n) is 6.64. The molecule has 140 valence electrons. The first-order valence-electron chi connectivity index (χ1n) is 9.71. The molecule has 2 aliphatic rings. The summed E-state index contributed by atoms with van der Waals surface area (Å²) in [5, 5.41) is 1.33. The molecule has 0 spiro atoms. The summed E-state index contributed by atoms with van der Waals surface area (Å²) < 4.78 is 6.81. The Labute approximate surface area is 162 Å². The minimum absolute atomic E-state index is 0.0319. The molecule has 0 bridgehead atoms. The Hall–Kier alpha value is -2.18. The summed E-state index contributed by atoms with van der Waals surface area (Å²) in [5.74, 6) is 0.687. The van der Waals surface area contributed by atoms with Gasteiger partial charge in [0.1, 0.15) is 0 Å². The lowest BCUT2D eigenvalue weighted by Gasteiger charge is -2.48. The first-order chi connectivity index (χ1) is 13.1. The van der Waals surface area contributed by atoms with E-state index in [1.165, 1.54) is 22.2 Å². The summed E-state index contributed by atoms with van der Waals surface area (Å²) in [7, 11) is 2.25. The lowest BCUT2D eigenvalue weighted by atomic mass is 9.69. The zero-order chi connectivity index (χ0) is 18.8. The summed E-state index contributed by atoms with van der Waals surface area (Å²) in [6.45, 7) is 5.63. The van der Waals surface area contributed by atoms with Crippen LogP contribution in [0.15, 0.2) is 35.1 Å². The Balaban J connectivity index is 1.92. The van der Waals surface area contributed by atoms with Gasteiger partial charge in [-0.25, -0.2) is 0 Å². The van der Waals surface area contributed by atoms with Gasteiger partial charge in [-0.2, -0.15) is 4.37 Å². The molecule has 2 aromatic heterocycles. The number of fused-ring (bicyclic) bond motifs is 3. The van der Waals surface area contributed by atoms with Gasteiger partial charge < -0.3 is 4.57 Å². The molecule has 0 fully saturated rings. The van der Waals surface area contributed by atoms with E-state index in [-0.39, 0.29) is 10.3 Å². The standard InChI is InChI=1S/C21H24N4OS/c1-4-21(5-2)12-16(19-22-20(26)27-23-19)25-15-9-7-6-8-13(15)14-10-11-24(3)18(21)17(14)25/h6-9,12,18H,4-5,10-11H2,1-3H3,(H,22,23,26)/t18-/m1/s1. The molecule has 0 unspecified atom stereocenters. The lowest BCUT2D eigenvalue weighted by Crippen LogP contribution is -2.45. The lowest BCUT2D eigenvalue weighted by molar-refractivity contribution is 0.0941. The molecule has 4 heterocycles. The van der Waals surface area contributed by atoms with Gasteiger partial charge in [0.05, 0.1) is 17.3 Å². The van der Waals surface area contributed by atoms with E-state index in [1.807, 2.05) is 0 Å². The molecule has 6 heteroatoms. The summed E-state index contributed by atoms with van der Waals surface area (Å²) in [4.78, 5) is 17.2. The van der Waals surface area contributed by atoms with Crippen LogP contribution in [0.2, 0.25) is 0 Å². The molecule has 1 aromatic carbocycles. The van der Waals surface area contributed by atoms with Crippen LogP contribution >= 0.6 is 11.5 Å². The number of para-hydroxylation sites is 1. The van der Waals surface area contributed by atoms with Gasteiger partial charge in [0.2, 0.25) is 0 Å². The molecule has 0 amide bonds. The van der Waals surface area contributed by atoms with Crippen molar-refractivity contribution < 1.29 is 0 Å². The van der Waals surface area contributed by atoms with Crippen molar-refractivity contribution in [3.8, 4) is 0 Å². The number of likely N-dealkylation sites (N-methyl/N-ethyl adjacent to an activating group) is 1. The van der Waals surface area contributed by atoms with E-state index >= 15 is 0 Å². The average Bonchev–Trinajstić information content (AvgIpc) is 3.27. The highest BCUT2D eigenvalue weighted by Crippen LogP contribution is 2.54. The fraction of sp³-hybridized carbons (Fsp3) is 0.429. The van der Waals surface area contributed by atoms with Gasteiger partial charge in [-0.3, -0.25) is 14.7 Å². The van der Waals surface area contributed by atoms with Crippen molar-refractivity contribution in [2.24, 2.45) is 5.41 Å². The number of aromatic amines is 1. The molecule has 1 N–H and O–H groups in total. The van der Waals surface area contributed by atoms with Gasteiger partial charge in [0, 0.05) is 34.6 Å². The van der Waals surface area contributed by atoms with E-state index in [0.29, 0.717) is 11.9 Å². The molecule has 1 atom stereocenters. The Bertz CT molecular complexity index is 1110. The van der Waals surface area contributed by atoms with Crippen LogP contribution in [0, 0.1) is 5.41 Å². The maximum Gasteiger partial charge on any atom is 0.323 e. The largest absolute Gasteiger partial charge is 0.323 e. The number of nitrogens with one attached hydrogen (secondary N) is 1. The van der Waals surface area contributed by atoms with Crippen LogP contribution in [0.3, 0.4) is 0 Å². The van der Waals surface area contributed by atoms with Crippen molar-refractivity contribution in [2.45, 2.75) is 39.2 Å². The van der Waals surface area contributed by atoms with Crippen LogP contribution in [-0.4, -0.2) is 32.4 Å². The van der Waals surface area contributed by atoms with Crippen LogP contribution in [0.1, 0.15) is 49.8 Å². The molecule has 27 heavy (non-hydrogen) atoms. The first kappa shape index (κ1) is 17.0. The highest BCUT2D eigenvalue weighted by molar-refractivity contribution is 7.02. The molecule has 0 aliphatic carbocycles. The quantitative estimate of drug-likeness (QED) is 0.746. The van der Waals surface area contributed by atoms with E-state index in [9.17, 15) is 4.79 Å². The maximum absolute atomic E-state index is 11.9. The van der Waals surface area contributed by atoms with E-state index in [1.54, 1.807) is 0 Å². The third kappa shape index (κ3) is 2.20.